The SMILES string of the molecule is O=C(c1cc(F)c(Cl)cc1Cl)N1CCN(c2ccnc(-c3ccccc3)n2)CC1. The Kier molecular flexibility index (Phi) is 5.65. The van der Waals surface area contributed by atoms with Gasteiger partial charge in [-0.3, -0.25) is 4.79 Å². The Labute approximate surface area is 177 Å². The highest BCUT2D eigenvalue weighted by atomic mass is 35.5. The summed E-state index contributed by atoms with van der Waals surface area (Å²) >= 11 is 11.8. The number of rotatable bonds is 3. The minimum atomic E-state index is -0.660. The van der Waals surface area contributed by atoms with E-state index >= 15 is 0 Å². The third-order valence-electron chi connectivity index (χ3n) is 4.80. The van der Waals surface area contributed by atoms with Gasteiger partial charge < -0.3 is 9.80 Å². The summed E-state index contributed by atoms with van der Waals surface area (Å²) in [5.41, 5.74) is 1.07. The maximum absolute atomic E-state index is 13.8. The topological polar surface area (TPSA) is 49.3 Å². The van der Waals surface area contributed by atoms with Crippen LogP contribution in [0.1, 0.15) is 10.4 Å². The van der Waals surface area contributed by atoms with Crippen LogP contribution >= 0.6 is 23.2 Å². The Balaban J connectivity index is 1.46. The molecule has 4 rings (SSSR count). The van der Waals surface area contributed by atoms with Crippen LogP contribution in [0.3, 0.4) is 0 Å². The van der Waals surface area contributed by atoms with E-state index in [-0.39, 0.29) is 21.5 Å². The first-order valence-corrected chi connectivity index (χ1v) is 9.86. The summed E-state index contributed by atoms with van der Waals surface area (Å²) in [7, 11) is 0. The number of benzene rings is 2. The van der Waals surface area contributed by atoms with Crippen LogP contribution in [0.25, 0.3) is 11.4 Å². The molecule has 0 saturated carbocycles. The number of hydrogen-bond donors (Lipinski definition) is 0. The Hall–Kier alpha value is -2.70. The molecule has 0 unspecified atom stereocenters. The Morgan fingerprint density at radius 1 is 0.966 bits per heavy atom. The van der Waals surface area contributed by atoms with Crippen molar-refractivity contribution in [1.82, 2.24) is 14.9 Å². The van der Waals surface area contributed by atoms with E-state index < -0.39 is 5.82 Å². The zero-order chi connectivity index (χ0) is 20.4. The lowest BCUT2D eigenvalue weighted by Gasteiger charge is -2.35. The Bertz CT molecular complexity index is 1040. The first-order valence-electron chi connectivity index (χ1n) is 9.10. The zero-order valence-corrected chi connectivity index (χ0v) is 16.9. The lowest BCUT2D eigenvalue weighted by atomic mass is 10.1. The van der Waals surface area contributed by atoms with Gasteiger partial charge in [-0.15, -0.1) is 0 Å². The third-order valence-corrected chi connectivity index (χ3v) is 5.41. The van der Waals surface area contributed by atoms with E-state index in [0.29, 0.717) is 32.0 Å². The van der Waals surface area contributed by atoms with Crippen molar-refractivity contribution in [2.24, 2.45) is 0 Å². The molecule has 1 fully saturated rings. The number of nitrogens with zero attached hydrogens (tertiary/aromatic N) is 4. The van der Waals surface area contributed by atoms with E-state index in [1.54, 1.807) is 11.1 Å². The number of anilines is 1. The van der Waals surface area contributed by atoms with Crippen molar-refractivity contribution in [3.63, 3.8) is 0 Å². The summed E-state index contributed by atoms with van der Waals surface area (Å²) in [4.78, 5) is 25.5. The molecule has 1 saturated heterocycles. The summed E-state index contributed by atoms with van der Waals surface area (Å²) < 4.78 is 13.8. The van der Waals surface area contributed by atoms with Crippen molar-refractivity contribution >= 4 is 34.9 Å². The quantitative estimate of drug-likeness (QED) is 0.571. The second kappa shape index (κ2) is 8.35. The number of carbonyl (C=O) groups excluding carboxylic acids is 1. The van der Waals surface area contributed by atoms with E-state index in [9.17, 15) is 9.18 Å². The third kappa shape index (κ3) is 4.18. The van der Waals surface area contributed by atoms with Gasteiger partial charge in [0.1, 0.15) is 11.6 Å². The van der Waals surface area contributed by atoms with Crippen molar-refractivity contribution in [1.29, 1.82) is 0 Å². The lowest BCUT2D eigenvalue weighted by molar-refractivity contribution is 0.0746. The van der Waals surface area contributed by atoms with Crippen LogP contribution in [-0.4, -0.2) is 47.0 Å². The first kappa shape index (κ1) is 19.6. The van der Waals surface area contributed by atoms with Gasteiger partial charge in [0, 0.05) is 37.9 Å². The molecule has 2 heterocycles. The monoisotopic (exact) mass is 430 g/mol. The fraction of sp³-hybridized carbons (Fsp3) is 0.190. The number of halogens is 3. The fourth-order valence-electron chi connectivity index (χ4n) is 3.25. The van der Waals surface area contributed by atoms with Gasteiger partial charge in [-0.2, -0.15) is 0 Å². The van der Waals surface area contributed by atoms with Gasteiger partial charge in [-0.05, 0) is 18.2 Å². The van der Waals surface area contributed by atoms with Gasteiger partial charge in [0.25, 0.3) is 5.91 Å². The molecule has 3 aromatic rings. The van der Waals surface area contributed by atoms with Crippen LogP contribution in [0.4, 0.5) is 10.2 Å². The molecule has 29 heavy (non-hydrogen) atoms. The Morgan fingerprint density at radius 2 is 1.69 bits per heavy atom. The predicted molar refractivity (Wildman–Crippen MR) is 112 cm³/mol. The van der Waals surface area contributed by atoms with E-state index in [4.69, 9.17) is 23.2 Å². The van der Waals surface area contributed by atoms with Gasteiger partial charge in [-0.1, -0.05) is 53.5 Å². The molecule has 0 bridgehead atoms. The molecule has 0 atom stereocenters. The van der Waals surface area contributed by atoms with Crippen molar-refractivity contribution in [3.05, 3.63) is 76.2 Å². The van der Waals surface area contributed by atoms with E-state index in [1.165, 1.54) is 6.07 Å². The highest BCUT2D eigenvalue weighted by molar-refractivity contribution is 6.36. The maximum Gasteiger partial charge on any atom is 0.255 e. The summed E-state index contributed by atoms with van der Waals surface area (Å²) in [5.74, 6) is 0.497. The molecule has 1 aliphatic heterocycles. The minimum Gasteiger partial charge on any atom is -0.353 e. The van der Waals surface area contributed by atoms with Gasteiger partial charge in [0.2, 0.25) is 0 Å². The smallest absolute Gasteiger partial charge is 0.255 e. The summed E-state index contributed by atoms with van der Waals surface area (Å²) in [6.45, 7) is 2.16. The summed E-state index contributed by atoms with van der Waals surface area (Å²) in [5, 5.41) is 0.0430. The number of carbonyl (C=O) groups is 1. The molecule has 8 heteroatoms. The van der Waals surface area contributed by atoms with Crippen molar-refractivity contribution < 1.29 is 9.18 Å². The second-order valence-corrected chi connectivity index (χ2v) is 7.44. The molecular formula is C21H17Cl2FN4O. The predicted octanol–water partition coefficient (Wildman–Crippen LogP) is 4.55. The zero-order valence-electron chi connectivity index (χ0n) is 15.4. The van der Waals surface area contributed by atoms with Crippen molar-refractivity contribution in [2.45, 2.75) is 0 Å². The molecule has 0 radical (unpaired) electrons. The van der Waals surface area contributed by atoms with Crippen LogP contribution in [-0.2, 0) is 0 Å². The molecule has 2 aromatic carbocycles. The van der Waals surface area contributed by atoms with Crippen LogP contribution in [0.15, 0.2) is 54.7 Å². The number of aromatic nitrogens is 2. The normalized spacial score (nSPS) is 14.2. The average molecular weight is 431 g/mol. The highest BCUT2D eigenvalue weighted by Gasteiger charge is 2.25. The Morgan fingerprint density at radius 3 is 2.41 bits per heavy atom. The summed E-state index contributed by atoms with van der Waals surface area (Å²) in [6.07, 6.45) is 1.73. The molecule has 1 aromatic heterocycles. The standard InChI is InChI=1S/C21H17Cl2FN4O/c22-16-13-17(23)18(24)12-15(16)21(29)28-10-8-27(9-11-28)19-6-7-25-20(26-19)14-4-2-1-3-5-14/h1-7,12-13H,8-11H2. The lowest BCUT2D eigenvalue weighted by Crippen LogP contribution is -2.49. The van der Waals surface area contributed by atoms with Gasteiger partial charge in [0.15, 0.2) is 5.82 Å². The molecule has 148 valence electrons. The second-order valence-electron chi connectivity index (χ2n) is 6.63. The number of piperazine rings is 1. The first-order chi connectivity index (χ1) is 14.0. The largest absolute Gasteiger partial charge is 0.353 e. The highest BCUT2D eigenvalue weighted by Crippen LogP contribution is 2.26. The van der Waals surface area contributed by atoms with E-state index in [0.717, 1.165) is 17.4 Å². The van der Waals surface area contributed by atoms with Crippen LogP contribution < -0.4 is 4.90 Å². The van der Waals surface area contributed by atoms with Crippen molar-refractivity contribution in [3.8, 4) is 11.4 Å². The molecule has 0 spiro atoms. The van der Waals surface area contributed by atoms with Crippen LogP contribution in [0.5, 0.6) is 0 Å². The molecule has 1 amide bonds. The molecule has 0 N–H and O–H groups in total. The molecular weight excluding hydrogens is 414 g/mol. The molecule has 1 aliphatic rings. The van der Waals surface area contributed by atoms with Crippen LogP contribution in [0.2, 0.25) is 10.0 Å². The van der Waals surface area contributed by atoms with Crippen LogP contribution in [0, 0.1) is 5.82 Å². The van der Waals surface area contributed by atoms with Gasteiger partial charge >= 0.3 is 0 Å². The van der Waals surface area contributed by atoms with E-state index in [1.807, 2.05) is 36.4 Å². The average Bonchev–Trinajstić information content (AvgIpc) is 2.77. The van der Waals surface area contributed by atoms with Gasteiger partial charge in [-0.25, -0.2) is 14.4 Å². The number of hydrogen-bond acceptors (Lipinski definition) is 4. The fourth-order valence-corrected chi connectivity index (χ4v) is 3.71. The number of amides is 1. The summed E-state index contributed by atoms with van der Waals surface area (Å²) in [6, 6.07) is 14.0. The minimum absolute atomic E-state index is 0.102. The molecule has 5 nitrogen and oxygen atoms in total. The van der Waals surface area contributed by atoms with Crippen molar-refractivity contribution in [2.75, 3.05) is 31.1 Å². The van der Waals surface area contributed by atoms with Gasteiger partial charge in [0.05, 0.1) is 15.6 Å². The molecule has 0 aliphatic carbocycles. The van der Waals surface area contributed by atoms with E-state index in [2.05, 4.69) is 14.9 Å². The maximum atomic E-state index is 13.8.